The molecule has 192 valence electrons. The van der Waals surface area contributed by atoms with Crippen LogP contribution in [0.4, 0.5) is 0 Å². The molecule has 0 aromatic heterocycles. The first-order chi connectivity index (χ1) is 16.1. The lowest BCUT2D eigenvalue weighted by Gasteiger charge is -2.66. The molecule has 3 saturated carbocycles. The minimum atomic E-state index is -2.19. The van der Waals surface area contributed by atoms with Crippen molar-refractivity contribution in [3.8, 4) is 0 Å². The van der Waals surface area contributed by atoms with Gasteiger partial charge in [-0.3, -0.25) is 19.2 Å². The summed E-state index contributed by atoms with van der Waals surface area (Å²) in [6.45, 7) is 4.55. The Labute approximate surface area is 220 Å². The van der Waals surface area contributed by atoms with Gasteiger partial charge in [0, 0.05) is 23.0 Å². The second-order valence-corrected chi connectivity index (χ2v) is 12.9. The van der Waals surface area contributed by atoms with Crippen LogP contribution in [0.2, 0.25) is 0 Å². The van der Waals surface area contributed by atoms with E-state index in [1.165, 1.54) is 13.8 Å². The molecule has 9 atom stereocenters. The largest absolute Gasteiger partial charge is 0.468 e. The number of carbonyl (C=O) groups is 5. The van der Waals surface area contributed by atoms with Crippen LogP contribution in [-0.2, 0) is 33.4 Å². The van der Waals surface area contributed by atoms with Crippen molar-refractivity contribution in [1.29, 1.82) is 0 Å². The molecule has 0 radical (unpaired) electrons. The smallest absolute Gasteiger partial charge is 0.322 e. The zero-order valence-electron chi connectivity index (χ0n) is 19.9. The van der Waals surface area contributed by atoms with E-state index in [1.54, 1.807) is 6.08 Å². The van der Waals surface area contributed by atoms with Crippen LogP contribution in [0.1, 0.15) is 46.5 Å². The van der Waals surface area contributed by atoms with Gasteiger partial charge in [0.05, 0.1) is 17.3 Å². The Bertz CT molecular complexity index is 1070. The lowest BCUT2D eigenvalue weighted by atomic mass is 9.40. The number of aliphatic hydroxyl groups is 1. The number of ether oxygens (including phenoxy) is 2. The van der Waals surface area contributed by atoms with Gasteiger partial charge in [-0.15, -0.1) is 12.6 Å². The van der Waals surface area contributed by atoms with E-state index >= 15 is 0 Å². The number of ketones is 2. The van der Waals surface area contributed by atoms with Gasteiger partial charge in [-0.1, -0.05) is 6.08 Å². The number of Topliss-reactive ketones (excluding diaryl/α,β-unsaturated/α-hetero) is 2. The lowest BCUT2D eigenvalue weighted by molar-refractivity contribution is -0.180. The molecule has 4 rings (SSSR count). The van der Waals surface area contributed by atoms with E-state index in [0.29, 0.717) is 12.8 Å². The highest BCUT2D eigenvalue weighted by Crippen LogP contribution is 2.74. The SMILES string of the molecule is COC(=O)[C@@]12C(=O)[C@H](O)C(=O)[C@]1(C)C(S)=CC1[C@]3(C=O)CC[C@H](OC(C)=O)[C@@](C)(S)C3CC[C@@]12S. The molecule has 2 unspecified atom stereocenters. The summed E-state index contributed by atoms with van der Waals surface area (Å²) in [4.78, 5) is 65.4. The number of fused-ring (bicyclic) bond motifs is 5. The molecule has 0 spiro atoms. The Kier molecular flexibility index (Phi) is 6.19. The zero-order chi connectivity index (χ0) is 26.4. The first kappa shape index (κ1) is 26.8. The van der Waals surface area contributed by atoms with Gasteiger partial charge in [0.25, 0.3) is 0 Å². The maximum absolute atomic E-state index is 13.7. The second kappa shape index (κ2) is 8.10. The fraction of sp³-hybridized carbons (Fsp3) is 0.708. The first-order valence-electron chi connectivity index (χ1n) is 11.5. The number of hydrogen-bond acceptors (Lipinski definition) is 11. The second-order valence-electron chi connectivity index (χ2n) is 10.6. The number of aliphatic hydroxyl groups excluding tert-OH is 1. The quantitative estimate of drug-likeness (QED) is 0.184. The molecule has 0 bridgehead atoms. The highest BCUT2D eigenvalue weighted by atomic mass is 32.1. The number of esters is 2. The summed E-state index contributed by atoms with van der Waals surface area (Å²) in [5.41, 5.74) is -5.15. The van der Waals surface area contributed by atoms with Gasteiger partial charge < -0.3 is 19.4 Å². The van der Waals surface area contributed by atoms with E-state index in [-0.39, 0.29) is 17.7 Å². The van der Waals surface area contributed by atoms with Gasteiger partial charge in [-0.05, 0) is 50.4 Å². The van der Waals surface area contributed by atoms with E-state index < -0.39 is 73.3 Å². The van der Waals surface area contributed by atoms with E-state index in [0.717, 1.165) is 13.4 Å². The number of thiol groups is 3. The normalized spacial score (nSPS) is 48.7. The Hall–Kier alpha value is -1.30. The standard InChI is InChI=1S/C24H30O8S3/c1-11(26)32-14-6-7-22(10-25)12(21(14,3)34)5-8-23(35)13(22)9-15(33)20(2)17(28)16(27)18(29)24(20,23)19(30)31-4/h9-10,12-14,16,27,33-35H,5-8H2,1-4H3/t12?,13?,14-,16+,20-,21-,22-,23+,24-/m0/s1. The Morgan fingerprint density at radius 2 is 1.77 bits per heavy atom. The molecule has 4 aliphatic rings. The first-order valence-corrected chi connectivity index (χ1v) is 12.8. The summed E-state index contributed by atoms with van der Waals surface area (Å²) in [6, 6.07) is 0. The van der Waals surface area contributed by atoms with Crippen molar-refractivity contribution in [3.63, 3.8) is 0 Å². The number of carbonyl (C=O) groups excluding carboxylic acids is 5. The molecule has 0 aliphatic heterocycles. The average Bonchev–Trinajstić information content (AvgIpc) is 2.95. The van der Waals surface area contributed by atoms with E-state index in [9.17, 15) is 29.1 Å². The topological polar surface area (TPSA) is 124 Å². The summed E-state index contributed by atoms with van der Waals surface area (Å²) in [5.74, 6) is -4.50. The number of methoxy groups -OCH3 is 1. The average molecular weight is 543 g/mol. The van der Waals surface area contributed by atoms with Crippen LogP contribution in [0.15, 0.2) is 11.0 Å². The van der Waals surface area contributed by atoms with Gasteiger partial charge in [0.15, 0.2) is 23.1 Å². The van der Waals surface area contributed by atoms with Crippen molar-refractivity contribution < 1.29 is 38.6 Å². The summed E-state index contributed by atoms with van der Waals surface area (Å²) in [5, 5.41) is 10.6. The van der Waals surface area contributed by atoms with Crippen molar-refractivity contribution in [2.45, 2.75) is 68.2 Å². The molecule has 3 fully saturated rings. The van der Waals surface area contributed by atoms with Gasteiger partial charge in [0.2, 0.25) is 0 Å². The fourth-order valence-corrected chi connectivity index (χ4v) is 9.62. The molecular formula is C24H30O8S3. The van der Waals surface area contributed by atoms with Crippen LogP contribution < -0.4 is 0 Å². The lowest BCUT2D eigenvalue weighted by Crippen LogP contribution is -2.73. The van der Waals surface area contributed by atoms with Crippen LogP contribution in [0, 0.1) is 28.1 Å². The molecule has 0 aromatic rings. The minimum absolute atomic E-state index is 0.109. The molecule has 0 aromatic carbocycles. The minimum Gasteiger partial charge on any atom is -0.468 e. The van der Waals surface area contributed by atoms with Crippen molar-refractivity contribution in [3.05, 3.63) is 11.0 Å². The van der Waals surface area contributed by atoms with E-state index in [2.05, 4.69) is 12.6 Å². The summed E-state index contributed by atoms with van der Waals surface area (Å²) in [7, 11) is 1.11. The van der Waals surface area contributed by atoms with Gasteiger partial charge in [-0.25, -0.2) is 0 Å². The van der Waals surface area contributed by atoms with Crippen molar-refractivity contribution in [2.75, 3.05) is 7.11 Å². The van der Waals surface area contributed by atoms with Crippen molar-refractivity contribution >= 4 is 67.7 Å². The van der Waals surface area contributed by atoms with Crippen LogP contribution >= 0.6 is 37.9 Å². The van der Waals surface area contributed by atoms with Crippen LogP contribution in [0.5, 0.6) is 0 Å². The maximum Gasteiger partial charge on any atom is 0.322 e. The highest BCUT2D eigenvalue weighted by Gasteiger charge is 2.84. The van der Waals surface area contributed by atoms with Gasteiger partial charge in [0.1, 0.15) is 12.4 Å². The molecule has 0 heterocycles. The van der Waals surface area contributed by atoms with Crippen molar-refractivity contribution in [2.24, 2.45) is 28.1 Å². The number of allylic oxidation sites excluding steroid dienone is 2. The zero-order valence-corrected chi connectivity index (χ0v) is 22.6. The molecule has 8 nitrogen and oxygen atoms in total. The summed E-state index contributed by atoms with van der Waals surface area (Å²) in [6.07, 6.45) is 0.925. The van der Waals surface area contributed by atoms with Crippen LogP contribution in [0.3, 0.4) is 0 Å². The molecular weight excluding hydrogens is 512 g/mol. The number of rotatable bonds is 3. The molecule has 4 aliphatic carbocycles. The van der Waals surface area contributed by atoms with Crippen molar-refractivity contribution in [1.82, 2.24) is 0 Å². The molecule has 35 heavy (non-hydrogen) atoms. The molecule has 0 amide bonds. The molecule has 11 heteroatoms. The highest BCUT2D eigenvalue weighted by molar-refractivity contribution is 7.84. The predicted molar refractivity (Wildman–Crippen MR) is 134 cm³/mol. The fourth-order valence-electron chi connectivity index (χ4n) is 7.77. The third-order valence-corrected chi connectivity index (χ3v) is 11.4. The van der Waals surface area contributed by atoms with Crippen LogP contribution in [0.25, 0.3) is 0 Å². The van der Waals surface area contributed by atoms with Crippen LogP contribution in [-0.4, -0.2) is 63.7 Å². The number of hydrogen-bond donors (Lipinski definition) is 4. The third kappa shape index (κ3) is 2.87. The number of aldehydes is 1. The summed E-state index contributed by atoms with van der Waals surface area (Å²) < 4.78 is 8.20. The monoisotopic (exact) mass is 542 g/mol. The molecule has 1 N–H and O–H groups in total. The maximum atomic E-state index is 13.7. The van der Waals surface area contributed by atoms with Gasteiger partial charge in [-0.2, -0.15) is 25.3 Å². The molecule has 0 saturated heterocycles. The predicted octanol–water partition coefficient (Wildman–Crippen LogP) is 1.79. The Morgan fingerprint density at radius 3 is 2.31 bits per heavy atom. The van der Waals surface area contributed by atoms with E-state index in [4.69, 9.17) is 34.7 Å². The van der Waals surface area contributed by atoms with Gasteiger partial charge >= 0.3 is 11.9 Å². The summed E-state index contributed by atoms with van der Waals surface area (Å²) >= 11 is 14.5. The Morgan fingerprint density at radius 1 is 1.14 bits per heavy atom. The Balaban J connectivity index is 1.99. The van der Waals surface area contributed by atoms with E-state index in [1.807, 2.05) is 6.92 Å². The third-order valence-electron chi connectivity index (χ3n) is 9.37.